The van der Waals surface area contributed by atoms with E-state index < -0.39 is 5.60 Å². The van der Waals surface area contributed by atoms with Crippen LogP contribution in [0.4, 0.5) is 5.95 Å². The highest BCUT2D eigenvalue weighted by Gasteiger charge is 2.27. The fraction of sp³-hybridized carbons (Fsp3) is 0.765. The molecule has 1 aromatic rings. The molecule has 23 heavy (non-hydrogen) atoms. The van der Waals surface area contributed by atoms with Gasteiger partial charge in [0, 0.05) is 44.1 Å². The zero-order chi connectivity index (χ0) is 16.0. The molecule has 1 saturated heterocycles. The minimum absolute atomic E-state index is 0.537. The van der Waals surface area contributed by atoms with E-state index in [0.29, 0.717) is 13.1 Å². The molecule has 6 nitrogen and oxygen atoms in total. The number of ether oxygens (including phenoxy) is 1. The van der Waals surface area contributed by atoms with Crippen LogP contribution in [0.3, 0.4) is 0 Å². The van der Waals surface area contributed by atoms with Gasteiger partial charge >= 0.3 is 0 Å². The van der Waals surface area contributed by atoms with Crippen molar-refractivity contribution in [1.82, 2.24) is 15.3 Å². The average Bonchev–Trinajstić information content (AvgIpc) is 2.81. The summed E-state index contributed by atoms with van der Waals surface area (Å²) in [6.07, 6.45) is 10.3. The number of aromatic nitrogens is 2. The molecule has 0 spiro atoms. The molecule has 1 aromatic heterocycles. The van der Waals surface area contributed by atoms with Crippen molar-refractivity contribution in [1.29, 1.82) is 0 Å². The summed E-state index contributed by atoms with van der Waals surface area (Å²) in [5.41, 5.74) is 0.518. The summed E-state index contributed by atoms with van der Waals surface area (Å²) in [6, 6.07) is 0. The molecule has 1 saturated carbocycles. The van der Waals surface area contributed by atoms with Gasteiger partial charge in [-0.2, -0.15) is 0 Å². The Morgan fingerprint density at radius 1 is 1.09 bits per heavy atom. The number of rotatable bonds is 5. The molecule has 0 unspecified atom stereocenters. The van der Waals surface area contributed by atoms with E-state index >= 15 is 0 Å². The van der Waals surface area contributed by atoms with Crippen molar-refractivity contribution in [2.24, 2.45) is 0 Å². The summed E-state index contributed by atoms with van der Waals surface area (Å²) >= 11 is 0. The lowest BCUT2D eigenvalue weighted by molar-refractivity contribution is 0.0250. The Balaban J connectivity index is 1.46. The van der Waals surface area contributed by atoms with Gasteiger partial charge < -0.3 is 20.1 Å². The average molecular weight is 320 g/mol. The van der Waals surface area contributed by atoms with E-state index in [-0.39, 0.29) is 0 Å². The van der Waals surface area contributed by atoms with Gasteiger partial charge in [0.15, 0.2) is 0 Å². The lowest BCUT2D eigenvalue weighted by Crippen LogP contribution is -2.40. The summed E-state index contributed by atoms with van der Waals surface area (Å²) in [5.74, 6) is 0.777. The largest absolute Gasteiger partial charge is 0.389 e. The molecule has 0 radical (unpaired) electrons. The minimum atomic E-state index is -0.537. The van der Waals surface area contributed by atoms with Gasteiger partial charge in [-0.3, -0.25) is 0 Å². The predicted octanol–water partition coefficient (Wildman–Crippen LogP) is 1.49. The van der Waals surface area contributed by atoms with E-state index in [9.17, 15) is 5.11 Å². The lowest BCUT2D eigenvalue weighted by Gasteiger charge is -2.27. The van der Waals surface area contributed by atoms with Gasteiger partial charge in [0.25, 0.3) is 0 Å². The second kappa shape index (κ2) is 8.04. The zero-order valence-electron chi connectivity index (χ0n) is 13.8. The number of hydrogen-bond acceptors (Lipinski definition) is 6. The third-order valence-corrected chi connectivity index (χ3v) is 4.80. The Bertz CT molecular complexity index is 466. The molecular formula is C17H28N4O2. The molecule has 2 heterocycles. The second-order valence-electron chi connectivity index (χ2n) is 6.73. The molecule has 2 N–H and O–H groups in total. The molecule has 0 bridgehead atoms. The van der Waals surface area contributed by atoms with E-state index in [0.717, 1.165) is 63.5 Å². The van der Waals surface area contributed by atoms with E-state index in [1.165, 1.54) is 12.8 Å². The minimum Gasteiger partial charge on any atom is -0.389 e. The Morgan fingerprint density at radius 3 is 2.39 bits per heavy atom. The quantitative estimate of drug-likeness (QED) is 0.801. The van der Waals surface area contributed by atoms with Crippen LogP contribution >= 0.6 is 0 Å². The first-order valence-electron chi connectivity index (χ1n) is 8.82. The van der Waals surface area contributed by atoms with Gasteiger partial charge in [-0.25, -0.2) is 9.97 Å². The first-order chi connectivity index (χ1) is 11.3. The molecule has 0 aromatic carbocycles. The van der Waals surface area contributed by atoms with Gasteiger partial charge in [0.1, 0.15) is 0 Å². The van der Waals surface area contributed by atoms with Crippen LogP contribution in [0.25, 0.3) is 0 Å². The molecule has 1 aliphatic carbocycles. The fourth-order valence-corrected chi connectivity index (χ4v) is 3.37. The maximum atomic E-state index is 10.6. The number of aliphatic hydroxyl groups is 1. The highest BCUT2D eigenvalue weighted by molar-refractivity contribution is 5.30. The fourth-order valence-electron chi connectivity index (χ4n) is 3.37. The molecular weight excluding hydrogens is 292 g/mol. The molecule has 0 atom stereocenters. The van der Waals surface area contributed by atoms with Crippen molar-refractivity contribution in [3.63, 3.8) is 0 Å². The number of morpholine rings is 1. The standard InChI is InChI=1S/C17H28N4O2/c22-17(5-3-1-2-4-6-17)14-18-11-15-12-19-16(20-13-15)21-7-9-23-10-8-21/h12-13,18,22H,1-11,14H2. The summed E-state index contributed by atoms with van der Waals surface area (Å²) in [7, 11) is 0. The van der Waals surface area contributed by atoms with E-state index in [1.54, 1.807) is 0 Å². The van der Waals surface area contributed by atoms with Crippen LogP contribution in [0.2, 0.25) is 0 Å². The monoisotopic (exact) mass is 320 g/mol. The smallest absolute Gasteiger partial charge is 0.225 e. The van der Waals surface area contributed by atoms with Crippen LogP contribution in [-0.4, -0.2) is 53.5 Å². The second-order valence-corrected chi connectivity index (χ2v) is 6.73. The molecule has 3 rings (SSSR count). The van der Waals surface area contributed by atoms with Crippen LogP contribution in [-0.2, 0) is 11.3 Å². The number of hydrogen-bond donors (Lipinski definition) is 2. The Hall–Kier alpha value is -1.24. The normalized spacial score (nSPS) is 21.9. The third-order valence-electron chi connectivity index (χ3n) is 4.80. The van der Waals surface area contributed by atoms with Gasteiger partial charge in [0.2, 0.25) is 5.95 Å². The lowest BCUT2D eigenvalue weighted by atomic mass is 9.94. The first-order valence-corrected chi connectivity index (χ1v) is 8.82. The molecule has 2 fully saturated rings. The predicted molar refractivity (Wildman–Crippen MR) is 89.4 cm³/mol. The summed E-state index contributed by atoms with van der Waals surface area (Å²) in [5, 5.41) is 14.0. The van der Waals surface area contributed by atoms with Crippen LogP contribution < -0.4 is 10.2 Å². The van der Waals surface area contributed by atoms with E-state index in [1.807, 2.05) is 12.4 Å². The highest BCUT2D eigenvalue weighted by Crippen LogP contribution is 2.26. The van der Waals surface area contributed by atoms with Gasteiger partial charge in [-0.15, -0.1) is 0 Å². The molecule has 128 valence electrons. The van der Waals surface area contributed by atoms with E-state index in [2.05, 4.69) is 20.2 Å². The van der Waals surface area contributed by atoms with Crippen LogP contribution in [0.15, 0.2) is 12.4 Å². The van der Waals surface area contributed by atoms with Crippen LogP contribution in [0, 0.1) is 0 Å². The van der Waals surface area contributed by atoms with Crippen LogP contribution in [0.1, 0.15) is 44.1 Å². The number of nitrogens with zero attached hydrogens (tertiary/aromatic N) is 3. The molecule has 0 amide bonds. The Kier molecular flexibility index (Phi) is 5.80. The summed E-state index contributed by atoms with van der Waals surface area (Å²) in [4.78, 5) is 11.1. The zero-order valence-corrected chi connectivity index (χ0v) is 13.8. The van der Waals surface area contributed by atoms with Gasteiger partial charge in [0.05, 0.1) is 18.8 Å². The maximum absolute atomic E-state index is 10.6. The topological polar surface area (TPSA) is 70.5 Å². The van der Waals surface area contributed by atoms with Gasteiger partial charge in [-0.05, 0) is 12.8 Å². The molecule has 2 aliphatic rings. The SMILES string of the molecule is OC1(CNCc2cnc(N3CCOCC3)nc2)CCCCCC1. The molecule has 1 aliphatic heterocycles. The third kappa shape index (κ3) is 4.86. The van der Waals surface area contributed by atoms with Gasteiger partial charge in [-0.1, -0.05) is 25.7 Å². The molecule has 6 heteroatoms. The maximum Gasteiger partial charge on any atom is 0.225 e. The van der Waals surface area contributed by atoms with Crippen molar-refractivity contribution >= 4 is 5.95 Å². The Morgan fingerprint density at radius 2 is 1.74 bits per heavy atom. The van der Waals surface area contributed by atoms with Crippen molar-refractivity contribution < 1.29 is 9.84 Å². The van der Waals surface area contributed by atoms with Crippen molar-refractivity contribution in [2.75, 3.05) is 37.7 Å². The summed E-state index contributed by atoms with van der Waals surface area (Å²) < 4.78 is 5.34. The van der Waals surface area contributed by atoms with E-state index in [4.69, 9.17) is 4.74 Å². The highest BCUT2D eigenvalue weighted by atomic mass is 16.5. The van der Waals surface area contributed by atoms with Crippen molar-refractivity contribution in [3.8, 4) is 0 Å². The van der Waals surface area contributed by atoms with Crippen molar-refractivity contribution in [3.05, 3.63) is 18.0 Å². The van der Waals surface area contributed by atoms with Crippen LogP contribution in [0.5, 0.6) is 0 Å². The van der Waals surface area contributed by atoms with Crippen molar-refractivity contribution in [2.45, 2.75) is 50.7 Å². The first kappa shape index (κ1) is 16.6. The number of nitrogens with one attached hydrogen (secondary N) is 1. The summed E-state index contributed by atoms with van der Waals surface area (Å²) in [6.45, 7) is 4.54. The Labute approximate surface area is 138 Å². The number of anilines is 1.